The minimum atomic E-state index is -0.0921. The molecule has 8 aromatic carbocycles. The van der Waals surface area contributed by atoms with Crippen molar-refractivity contribution in [3.63, 3.8) is 0 Å². The number of aromatic nitrogens is 3. The van der Waals surface area contributed by atoms with Crippen LogP contribution >= 0.6 is 0 Å². The standard InChI is InChI=1S/C54H35N3O2/c1-54(2)44-19-8-6-16-38(44)39-25-22-35(30-45(39)54)34-24-27-47-43(29-34)50-42(18-11-21-48(50)58-47)53-56-51(36-15-10-14-33(28-36)32-12-4-3-5-13-32)55-52(57-53)37-23-26-41-40-17-7-9-20-46(40)59-49(41)31-37/h3-31H,1-2H3. The lowest BCUT2D eigenvalue weighted by Crippen LogP contribution is -2.14. The summed E-state index contributed by atoms with van der Waals surface area (Å²) in [6.07, 6.45) is 0. The van der Waals surface area contributed by atoms with Gasteiger partial charge in [0.15, 0.2) is 17.5 Å². The Kier molecular flexibility index (Phi) is 7.20. The van der Waals surface area contributed by atoms with E-state index in [2.05, 4.69) is 147 Å². The molecule has 3 aromatic heterocycles. The number of benzene rings is 8. The second kappa shape index (κ2) is 12.7. The Balaban J connectivity index is 1.04. The second-order valence-corrected chi connectivity index (χ2v) is 16.0. The van der Waals surface area contributed by atoms with Gasteiger partial charge in [0.05, 0.1) is 0 Å². The van der Waals surface area contributed by atoms with Gasteiger partial charge in [-0.3, -0.25) is 0 Å². The lowest BCUT2D eigenvalue weighted by Gasteiger charge is -2.22. The highest BCUT2D eigenvalue weighted by molar-refractivity contribution is 6.13. The van der Waals surface area contributed by atoms with E-state index in [4.69, 9.17) is 23.8 Å². The number of hydrogen-bond acceptors (Lipinski definition) is 5. The predicted molar refractivity (Wildman–Crippen MR) is 239 cm³/mol. The van der Waals surface area contributed by atoms with Crippen molar-refractivity contribution in [2.24, 2.45) is 0 Å². The fraction of sp³-hybridized carbons (Fsp3) is 0.0556. The van der Waals surface area contributed by atoms with Crippen LogP contribution in [0.5, 0.6) is 0 Å². The van der Waals surface area contributed by atoms with Crippen molar-refractivity contribution >= 4 is 43.9 Å². The van der Waals surface area contributed by atoms with Crippen molar-refractivity contribution in [2.75, 3.05) is 0 Å². The molecule has 3 heterocycles. The molecule has 11 aromatic rings. The molecule has 5 heteroatoms. The molecule has 5 nitrogen and oxygen atoms in total. The molecular formula is C54H35N3O2. The Bertz CT molecular complexity index is 3480. The first-order valence-corrected chi connectivity index (χ1v) is 20.0. The van der Waals surface area contributed by atoms with Crippen molar-refractivity contribution in [1.82, 2.24) is 15.0 Å². The lowest BCUT2D eigenvalue weighted by molar-refractivity contribution is 0.660. The maximum absolute atomic E-state index is 6.54. The van der Waals surface area contributed by atoms with Crippen LogP contribution in [0.3, 0.4) is 0 Å². The summed E-state index contributed by atoms with van der Waals surface area (Å²) >= 11 is 0. The van der Waals surface area contributed by atoms with Crippen LogP contribution in [0.4, 0.5) is 0 Å². The van der Waals surface area contributed by atoms with Gasteiger partial charge in [0.25, 0.3) is 0 Å². The van der Waals surface area contributed by atoms with E-state index in [1.54, 1.807) is 0 Å². The lowest BCUT2D eigenvalue weighted by atomic mass is 9.81. The van der Waals surface area contributed by atoms with Gasteiger partial charge in [0.2, 0.25) is 0 Å². The second-order valence-electron chi connectivity index (χ2n) is 16.0. The van der Waals surface area contributed by atoms with E-state index in [0.29, 0.717) is 17.5 Å². The van der Waals surface area contributed by atoms with Gasteiger partial charge in [-0.15, -0.1) is 0 Å². The van der Waals surface area contributed by atoms with Gasteiger partial charge in [-0.2, -0.15) is 0 Å². The molecule has 0 bridgehead atoms. The van der Waals surface area contributed by atoms with Crippen LogP contribution in [-0.4, -0.2) is 15.0 Å². The van der Waals surface area contributed by atoms with E-state index in [0.717, 1.165) is 77.3 Å². The molecule has 0 fully saturated rings. The number of para-hydroxylation sites is 1. The highest BCUT2D eigenvalue weighted by atomic mass is 16.3. The first-order valence-electron chi connectivity index (χ1n) is 20.0. The molecule has 0 radical (unpaired) electrons. The molecule has 0 spiro atoms. The topological polar surface area (TPSA) is 65.0 Å². The van der Waals surface area contributed by atoms with Crippen LogP contribution in [-0.2, 0) is 5.41 Å². The maximum atomic E-state index is 6.54. The van der Waals surface area contributed by atoms with Crippen molar-refractivity contribution in [3.8, 4) is 67.5 Å². The van der Waals surface area contributed by atoms with Crippen LogP contribution < -0.4 is 0 Å². The van der Waals surface area contributed by atoms with Crippen LogP contribution in [0.1, 0.15) is 25.0 Å². The molecule has 0 saturated carbocycles. The molecule has 0 atom stereocenters. The Morgan fingerprint density at radius 2 is 0.915 bits per heavy atom. The molecule has 59 heavy (non-hydrogen) atoms. The summed E-state index contributed by atoms with van der Waals surface area (Å²) in [5.74, 6) is 1.71. The zero-order valence-electron chi connectivity index (χ0n) is 32.4. The van der Waals surface area contributed by atoms with E-state index in [-0.39, 0.29) is 5.41 Å². The molecule has 1 aliphatic rings. The summed E-state index contributed by atoms with van der Waals surface area (Å²) < 4.78 is 12.9. The van der Waals surface area contributed by atoms with Crippen molar-refractivity contribution in [1.29, 1.82) is 0 Å². The van der Waals surface area contributed by atoms with Crippen molar-refractivity contribution < 1.29 is 8.83 Å². The third kappa shape index (κ3) is 5.28. The molecular weight excluding hydrogens is 723 g/mol. The van der Waals surface area contributed by atoms with E-state index >= 15 is 0 Å². The first-order chi connectivity index (χ1) is 29.0. The Morgan fingerprint density at radius 3 is 1.81 bits per heavy atom. The molecule has 0 saturated heterocycles. The largest absolute Gasteiger partial charge is 0.456 e. The molecule has 0 unspecified atom stereocenters. The van der Waals surface area contributed by atoms with E-state index in [1.165, 1.54) is 27.8 Å². The van der Waals surface area contributed by atoms with E-state index in [9.17, 15) is 0 Å². The van der Waals surface area contributed by atoms with Gasteiger partial charge < -0.3 is 8.83 Å². The Morgan fingerprint density at radius 1 is 0.339 bits per heavy atom. The Labute approximate surface area is 340 Å². The first kappa shape index (κ1) is 33.5. The van der Waals surface area contributed by atoms with Crippen LogP contribution in [0, 0.1) is 0 Å². The summed E-state index contributed by atoms with van der Waals surface area (Å²) in [6, 6.07) is 61.4. The van der Waals surface area contributed by atoms with Gasteiger partial charge in [-0.1, -0.05) is 141 Å². The molecule has 1 aliphatic carbocycles. The van der Waals surface area contributed by atoms with E-state index < -0.39 is 0 Å². The average Bonchev–Trinajstić information content (AvgIpc) is 3.93. The number of hydrogen-bond donors (Lipinski definition) is 0. The highest BCUT2D eigenvalue weighted by Crippen LogP contribution is 2.50. The highest BCUT2D eigenvalue weighted by Gasteiger charge is 2.35. The third-order valence-electron chi connectivity index (χ3n) is 12.2. The third-order valence-corrected chi connectivity index (χ3v) is 12.2. The van der Waals surface area contributed by atoms with Crippen LogP contribution in [0.15, 0.2) is 185 Å². The number of furan rings is 2. The maximum Gasteiger partial charge on any atom is 0.164 e. The van der Waals surface area contributed by atoms with Crippen LogP contribution in [0.25, 0.3) is 111 Å². The van der Waals surface area contributed by atoms with Crippen molar-refractivity contribution in [2.45, 2.75) is 19.3 Å². The monoisotopic (exact) mass is 757 g/mol. The minimum Gasteiger partial charge on any atom is -0.456 e. The predicted octanol–water partition coefficient (Wildman–Crippen LogP) is 14.3. The quantitative estimate of drug-likeness (QED) is 0.175. The zero-order chi connectivity index (χ0) is 39.2. The van der Waals surface area contributed by atoms with Gasteiger partial charge in [-0.05, 0) is 93.0 Å². The fourth-order valence-corrected chi connectivity index (χ4v) is 9.16. The molecule has 0 amide bonds. The van der Waals surface area contributed by atoms with Crippen LogP contribution in [0.2, 0.25) is 0 Å². The summed E-state index contributed by atoms with van der Waals surface area (Å²) in [6.45, 7) is 4.65. The number of fused-ring (bicyclic) bond motifs is 9. The number of rotatable bonds is 5. The summed E-state index contributed by atoms with van der Waals surface area (Å²) in [5, 5.41) is 4.10. The summed E-state index contributed by atoms with van der Waals surface area (Å²) in [5.41, 5.74) is 15.6. The zero-order valence-corrected chi connectivity index (χ0v) is 32.4. The molecule has 12 rings (SSSR count). The fourth-order valence-electron chi connectivity index (χ4n) is 9.16. The van der Waals surface area contributed by atoms with E-state index in [1.807, 2.05) is 42.5 Å². The molecule has 278 valence electrons. The smallest absolute Gasteiger partial charge is 0.164 e. The van der Waals surface area contributed by atoms with Gasteiger partial charge in [0, 0.05) is 43.7 Å². The minimum absolute atomic E-state index is 0.0921. The van der Waals surface area contributed by atoms with Crippen molar-refractivity contribution in [3.05, 3.63) is 187 Å². The summed E-state index contributed by atoms with van der Waals surface area (Å²) in [7, 11) is 0. The Hall–Kier alpha value is -7.63. The van der Waals surface area contributed by atoms with Gasteiger partial charge >= 0.3 is 0 Å². The molecule has 0 N–H and O–H groups in total. The molecule has 0 aliphatic heterocycles. The van der Waals surface area contributed by atoms with Gasteiger partial charge in [-0.25, -0.2) is 15.0 Å². The average molecular weight is 758 g/mol. The van der Waals surface area contributed by atoms with Gasteiger partial charge in [0.1, 0.15) is 22.3 Å². The summed E-state index contributed by atoms with van der Waals surface area (Å²) in [4.78, 5) is 15.6. The SMILES string of the molecule is CC1(C)c2ccccc2-c2ccc(-c3ccc4oc5cccc(-c6nc(-c7cccc(-c8ccccc8)c7)nc(-c7ccc8c(c7)oc7ccccc78)n6)c5c4c3)cc21. The normalized spacial score (nSPS) is 13.1. The number of nitrogens with zero attached hydrogens (tertiary/aromatic N) is 3.